The van der Waals surface area contributed by atoms with Crippen LogP contribution in [-0.2, 0) is 6.18 Å². The molecule has 0 saturated carbocycles. The zero-order chi connectivity index (χ0) is 14.2. The molecule has 102 valence electrons. The SMILES string of the molecule is Cc1ccc(C(Br)c2ccc(Br)c(C(F)(F)F)c2)s1. The second kappa shape index (κ2) is 5.58. The van der Waals surface area contributed by atoms with Crippen LogP contribution < -0.4 is 0 Å². The Balaban J connectivity index is 2.41. The first-order valence-electron chi connectivity index (χ1n) is 5.36. The Kier molecular flexibility index (Phi) is 4.42. The quantitative estimate of drug-likeness (QED) is 0.505. The molecule has 1 aromatic heterocycles. The monoisotopic (exact) mass is 412 g/mol. The molecular weight excluding hydrogens is 405 g/mol. The van der Waals surface area contributed by atoms with Crippen LogP contribution in [0.2, 0.25) is 0 Å². The van der Waals surface area contributed by atoms with Crippen molar-refractivity contribution in [3.63, 3.8) is 0 Å². The van der Waals surface area contributed by atoms with Crippen molar-refractivity contribution in [2.45, 2.75) is 17.9 Å². The van der Waals surface area contributed by atoms with Gasteiger partial charge in [-0.05, 0) is 36.8 Å². The van der Waals surface area contributed by atoms with E-state index < -0.39 is 11.7 Å². The number of alkyl halides is 4. The maximum absolute atomic E-state index is 12.9. The number of halogens is 5. The third-order valence-corrected chi connectivity index (χ3v) is 5.68. The number of thiophene rings is 1. The number of hydrogen-bond donors (Lipinski definition) is 0. The maximum atomic E-state index is 12.9. The smallest absolute Gasteiger partial charge is 0.166 e. The summed E-state index contributed by atoms with van der Waals surface area (Å²) in [5.41, 5.74) is -0.0555. The molecule has 2 rings (SSSR count). The van der Waals surface area contributed by atoms with Crippen LogP contribution in [-0.4, -0.2) is 0 Å². The average Bonchev–Trinajstić information content (AvgIpc) is 2.74. The summed E-state index contributed by atoms with van der Waals surface area (Å²) in [5.74, 6) is 0. The lowest BCUT2D eigenvalue weighted by Crippen LogP contribution is -2.07. The molecule has 0 fully saturated rings. The van der Waals surface area contributed by atoms with Crippen LogP contribution in [0, 0.1) is 6.92 Å². The van der Waals surface area contributed by atoms with E-state index in [1.165, 1.54) is 12.1 Å². The molecule has 0 saturated heterocycles. The topological polar surface area (TPSA) is 0 Å². The third-order valence-electron chi connectivity index (χ3n) is 2.60. The van der Waals surface area contributed by atoms with E-state index in [9.17, 15) is 13.2 Å². The molecule has 0 aliphatic carbocycles. The summed E-state index contributed by atoms with van der Waals surface area (Å²) < 4.78 is 38.6. The van der Waals surface area contributed by atoms with Gasteiger partial charge in [-0.3, -0.25) is 0 Å². The molecule has 0 N–H and O–H groups in total. The van der Waals surface area contributed by atoms with Gasteiger partial charge in [-0.1, -0.05) is 37.9 Å². The van der Waals surface area contributed by atoms with E-state index in [-0.39, 0.29) is 9.30 Å². The molecule has 0 radical (unpaired) electrons. The van der Waals surface area contributed by atoms with Crippen molar-refractivity contribution in [3.8, 4) is 0 Å². The average molecular weight is 414 g/mol. The van der Waals surface area contributed by atoms with Gasteiger partial charge in [-0.15, -0.1) is 11.3 Å². The Labute approximate surface area is 129 Å². The molecule has 0 nitrogen and oxygen atoms in total. The van der Waals surface area contributed by atoms with Gasteiger partial charge in [0.15, 0.2) is 0 Å². The van der Waals surface area contributed by atoms with Crippen LogP contribution in [0.4, 0.5) is 13.2 Å². The van der Waals surface area contributed by atoms with E-state index in [2.05, 4.69) is 31.9 Å². The van der Waals surface area contributed by atoms with Crippen molar-refractivity contribution >= 4 is 43.2 Å². The van der Waals surface area contributed by atoms with Crippen LogP contribution in [0.25, 0.3) is 0 Å². The zero-order valence-corrected chi connectivity index (χ0v) is 13.8. The van der Waals surface area contributed by atoms with Crippen LogP contribution in [0.3, 0.4) is 0 Å². The zero-order valence-electron chi connectivity index (χ0n) is 9.76. The molecule has 19 heavy (non-hydrogen) atoms. The maximum Gasteiger partial charge on any atom is 0.417 e. The van der Waals surface area contributed by atoms with Crippen LogP contribution >= 0.6 is 43.2 Å². The number of aryl methyl sites for hydroxylation is 1. The minimum absolute atomic E-state index is 0.0609. The van der Waals surface area contributed by atoms with Crippen molar-refractivity contribution < 1.29 is 13.2 Å². The molecule has 0 amide bonds. The Morgan fingerprint density at radius 3 is 2.37 bits per heavy atom. The molecule has 1 aromatic carbocycles. The van der Waals surface area contributed by atoms with Gasteiger partial charge in [-0.2, -0.15) is 13.2 Å². The van der Waals surface area contributed by atoms with Gasteiger partial charge in [0.25, 0.3) is 0 Å². The van der Waals surface area contributed by atoms with Crippen LogP contribution in [0.5, 0.6) is 0 Å². The molecule has 6 heteroatoms. The van der Waals surface area contributed by atoms with E-state index in [0.29, 0.717) is 5.56 Å². The summed E-state index contributed by atoms with van der Waals surface area (Å²) >= 11 is 7.97. The van der Waals surface area contributed by atoms with Crippen molar-refractivity contribution in [1.29, 1.82) is 0 Å². The van der Waals surface area contributed by atoms with Gasteiger partial charge in [0.1, 0.15) is 0 Å². The third kappa shape index (κ3) is 3.41. The van der Waals surface area contributed by atoms with E-state index in [1.54, 1.807) is 17.4 Å². The lowest BCUT2D eigenvalue weighted by molar-refractivity contribution is -0.138. The fourth-order valence-electron chi connectivity index (χ4n) is 1.67. The minimum atomic E-state index is -4.35. The van der Waals surface area contributed by atoms with Crippen molar-refractivity contribution in [2.75, 3.05) is 0 Å². The van der Waals surface area contributed by atoms with Gasteiger partial charge in [-0.25, -0.2) is 0 Å². The lowest BCUT2D eigenvalue weighted by Gasteiger charge is -2.14. The van der Waals surface area contributed by atoms with E-state index >= 15 is 0 Å². The predicted octanol–water partition coefficient (Wildman–Crippen LogP) is 6.32. The number of rotatable bonds is 2. The summed E-state index contributed by atoms with van der Waals surface area (Å²) in [7, 11) is 0. The molecule has 0 bridgehead atoms. The Morgan fingerprint density at radius 1 is 1.16 bits per heavy atom. The summed E-state index contributed by atoms with van der Waals surface area (Å²) in [5, 5.41) is 0. The summed E-state index contributed by atoms with van der Waals surface area (Å²) in [6, 6.07) is 8.19. The second-order valence-electron chi connectivity index (χ2n) is 4.05. The van der Waals surface area contributed by atoms with Crippen LogP contribution in [0.15, 0.2) is 34.8 Å². The van der Waals surface area contributed by atoms with Gasteiger partial charge in [0.2, 0.25) is 0 Å². The minimum Gasteiger partial charge on any atom is -0.166 e. The van der Waals surface area contributed by atoms with Crippen molar-refractivity contribution in [2.24, 2.45) is 0 Å². The Bertz CT molecular complexity index is 590. The van der Waals surface area contributed by atoms with Gasteiger partial charge < -0.3 is 0 Å². The molecule has 0 aliphatic heterocycles. The van der Waals surface area contributed by atoms with Gasteiger partial charge in [0.05, 0.1) is 10.4 Å². The molecule has 1 heterocycles. The normalized spacial score (nSPS) is 13.6. The first-order chi connectivity index (χ1) is 8.79. The molecule has 2 aromatic rings. The predicted molar refractivity (Wildman–Crippen MR) is 79.0 cm³/mol. The van der Waals surface area contributed by atoms with Crippen LogP contribution in [0.1, 0.15) is 25.7 Å². The highest BCUT2D eigenvalue weighted by Gasteiger charge is 2.33. The molecule has 1 unspecified atom stereocenters. The van der Waals surface area contributed by atoms with Gasteiger partial charge >= 0.3 is 6.18 Å². The van der Waals surface area contributed by atoms with E-state index in [4.69, 9.17) is 0 Å². The number of hydrogen-bond acceptors (Lipinski definition) is 1. The fourth-order valence-corrected chi connectivity index (χ4v) is 3.74. The molecule has 0 spiro atoms. The summed E-state index contributed by atoms with van der Waals surface area (Å²) in [4.78, 5) is 1.90. The Hall–Kier alpha value is -0.330. The summed E-state index contributed by atoms with van der Waals surface area (Å²) in [6.07, 6.45) is -4.35. The fraction of sp³-hybridized carbons (Fsp3) is 0.231. The highest BCUT2D eigenvalue weighted by Crippen LogP contribution is 2.40. The van der Waals surface area contributed by atoms with Crippen molar-refractivity contribution in [1.82, 2.24) is 0 Å². The molecule has 0 aliphatic rings. The van der Waals surface area contributed by atoms with E-state index in [1.807, 2.05) is 19.1 Å². The second-order valence-corrected chi connectivity index (χ2v) is 7.14. The van der Waals surface area contributed by atoms with Gasteiger partial charge in [0, 0.05) is 14.2 Å². The first-order valence-corrected chi connectivity index (χ1v) is 7.88. The highest BCUT2D eigenvalue weighted by molar-refractivity contribution is 9.10. The lowest BCUT2D eigenvalue weighted by atomic mass is 10.1. The molecular formula is C13H9Br2F3S. The Morgan fingerprint density at radius 2 is 1.84 bits per heavy atom. The standard InChI is InChI=1S/C13H9Br2F3S/c1-7-2-5-11(19-7)12(15)8-3-4-10(14)9(6-8)13(16,17)18/h2-6,12H,1H3. The molecule has 1 atom stereocenters. The number of benzene rings is 1. The van der Waals surface area contributed by atoms with E-state index in [0.717, 1.165) is 9.75 Å². The van der Waals surface area contributed by atoms with Crippen molar-refractivity contribution in [3.05, 3.63) is 55.7 Å². The first kappa shape index (κ1) is 15.1. The largest absolute Gasteiger partial charge is 0.417 e. The summed E-state index contributed by atoms with van der Waals surface area (Å²) in [6.45, 7) is 1.97. The highest BCUT2D eigenvalue weighted by atomic mass is 79.9.